The van der Waals surface area contributed by atoms with Crippen molar-refractivity contribution in [2.75, 3.05) is 24.2 Å². The number of urea groups is 1. The number of nitrogens with one attached hydrogen (secondary N) is 2. The third kappa shape index (κ3) is 9.18. The summed E-state index contributed by atoms with van der Waals surface area (Å²) in [5, 5.41) is 5.29. The van der Waals surface area contributed by atoms with Gasteiger partial charge in [-0.2, -0.15) is 0 Å². The van der Waals surface area contributed by atoms with Crippen LogP contribution in [0.4, 0.5) is 23.7 Å². The van der Waals surface area contributed by atoms with Gasteiger partial charge in [0.05, 0.1) is 5.75 Å². The lowest BCUT2D eigenvalue weighted by atomic mass is 9.97. The molecule has 0 radical (unpaired) electrons. The SMILES string of the molecule is CC(C)(C)C=CCS(=O)(=O)N1CCC(NC(=O)Nc2ccc(OC(F)(F)F)cc2)CC1. The Balaban J connectivity index is 1.79. The van der Waals surface area contributed by atoms with Crippen LogP contribution in [0.5, 0.6) is 5.75 Å². The molecule has 11 heteroatoms. The number of benzene rings is 1. The molecule has 0 saturated carbocycles. The highest BCUT2D eigenvalue weighted by Gasteiger charge is 2.31. The van der Waals surface area contributed by atoms with Gasteiger partial charge >= 0.3 is 12.4 Å². The lowest BCUT2D eigenvalue weighted by molar-refractivity contribution is -0.274. The summed E-state index contributed by atoms with van der Waals surface area (Å²) in [4.78, 5) is 12.1. The molecular weight excluding hydrogens is 435 g/mol. The van der Waals surface area contributed by atoms with Gasteiger partial charge < -0.3 is 15.4 Å². The monoisotopic (exact) mass is 463 g/mol. The van der Waals surface area contributed by atoms with Gasteiger partial charge in [0.15, 0.2) is 0 Å². The maximum Gasteiger partial charge on any atom is 0.573 e. The summed E-state index contributed by atoms with van der Waals surface area (Å²) < 4.78 is 66.6. The van der Waals surface area contributed by atoms with Crippen molar-refractivity contribution in [2.45, 2.75) is 46.0 Å². The number of hydrogen-bond donors (Lipinski definition) is 2. The van der Waals surface area contributed by atoms with Crippen LogP contribution in [0.15, 0.2) is 36.4 Å². The van der Waals surface area contributed by atoms with Crippen molar-refractivity contribution in [1.29, 1.82) is 0 Å². The van der Waals surface area contributed by atoms with Crippen LogP contribution >= 0.6 is 0 Å². The smallest absolute Gasteiger partial charge is 0.406 e. The van der Waals surface area contributed by atoms with Gasteiger partial charge in [-0.25, -0.2) is 17.5 Å². The fourth-order valence-corrected chi connectivity index (χ4v) is 4.32. The van der Waals surface area contributed by atoms with Crippen LogP contribution in [0.25, 0.3) is 0 Å². The highest BCUT2D eigenvalue weighted by Crippen LogP contribution is 2.24. The maximum atomic E-state index is 12.5. The molecule has 1 aromatic carbocycles. The molecule has 0 unspecified atom stereocenters. The number of carbonyl (C=O) groups excluding carboxylic acids is 1. The number of anilines is 1. The quantitative estimate of drug-likeness (QED) is 0.622. The first-order valence-electron chi connectivity index (χ1n) is 9.82. The van der Waals surface area contributed by atoms with Gasteiger partial charge in [0.1, 0.15) is 5.75 Å². The number of allylic oxidation sites excluding steroid dienone is 1. The second-order valence-corrected chi connectivity index (χ2v) is 10.4. The van der Waals surface area contributed by atoms with Crippen LogP contribution in [-0.4, -0.2) is 50.0 Å². The van der Waals surface area contributed by atoms with Gasteiger partial charge in [0.25, 0.3) is 0 Å². The van der Waals surface area contributed by atoms with E-state index < -0.39 is 22.4 Å². The van der Waals surface area contributed by atoms with Gasteiger partial charge in [-0.05, 0) is 42.5 Å². The zero-order chi connectivity index (χ0) is 23.3. The number of nitrogens with zero attached hydrogens (tertiary/aromatic N) is 1. The van der Waals surface area contributed by atoms with Gasteiger partial charge in [-0.15, -0.1) is 13.2 Å². The number of sulfonamides is 1. The highest BCUT2D eigenvalue weighted by molar-refractivity contribution is 7.89. The van der Waals surface area contributed by atoms with E-state index in [4.69, 9.17) is 0 Å². The van der Waals surface area contributed by atoms with E-state index in [-0.39, 0.29) is 23.0 Å². The van der Waals surface area contributed by atoms with Gasteiger partial charge in [0.2, 0.25) is 10.0 Å². The second kappa shape index (κ2) is 9.90. The molecule has 1 aliphatic rings. The molecule has 2 amide bonds. The standard InChI is InChI=1S/C20H28F3N3O4S/c1-19(2,3)11-4-14-31(28,29)26-12-9-16(10-13-26)25-18(27)24-15-5-7-17(8-6-15)30-20(21,22)23/h4-8,11,16H,9-10,12-14H2,1-3H3,(H2,24,25,27). The molecule has 1 saturated heterocycles. The minimum Gasteiger partial charge on any atom is -0.406 e. The minimum absolute atomic E-state index is 0.0586. The molecule has 2 rings (SSSR count). The molecule has 1 fully saturated rings. The van der Waals surface area contributed by atoms with E-state index >= 15 is 0 Å². The van der Waals surface area contributed by atoms with Crippen molar-refractivity contribution < 1.29 is 31.1 Å². The third-order valence-electron chi connectivity index (χ3n) is 4.45. The predicted molar refractivity (Wildman–Crippen MR) is 112 cm³/mol. The van der Waals surface area contributed by atoms with E-state index in [1.54, 1.807) is 6.08 Å². The Kier molecular flexibility index (Phi) is 7.98. The van der Waals surface area contributed by atoms with E-state index in [0.29, 0.717) is 31.6 Å². The Hall–Kier alpha value is -2.27. The number of alkyl halides is 3. The predicted octanol–water partition coefficient (Wildman–Crippen LogP) is 4.10. The van der Waals surface area contributed by atoms with E-state index in [2.05, 4.69) is 15.4 Å². The number of piperidine rings is 1. The molecule has 174 valence electrons. The van der Waals surface area contributed by atoms with Gasteiger partial charge in [0, 0.05) is 24.8 Å². The molecule has 1 heterocycles. The third-order valence-corrected chi connectivity index (χ3v) is 6.22. The summed E-state index contributed by atoms with van der Waals surface area (Å²) in [6.45, 7) is 6.58. The number of ether oxygens (including phenoxy) is 1. The van der Waals surface area contributed by atoms with Crippen LogP contribution in [0, 0.1) is 5.41 Å². The molecule has 7 nitrogen and oxygen atoms in total. The molecule has 0 spiro atoms. The summed E-state index contributed by atoms with van der Waals surface area (Å²) in [5.74, 6) is -0.443. The second-order valence-electron chi connectivity index (χ2n) is 8.39. The zero-order valence-corrected chi connectivity index (χ0v) is 18.5. The maximum absolute atomic E-state index is 12.5. The Labute approximate surface area is 180 Å². The number of rotatable bonds is 6. The zero-order valence-electron chi connectivity index (χ0n) is 17.7. The van der Waals surface area contributed by atoms with Gasteiger partial charge in [-0.1, -0.05) is 32.9 Å². The van der Waals surface area contributed by atoms with Crippen LogP contribution in [0.3, 0.4) is 0 Å². The van der Waals surface area contributed by atoms with Crippen LogP contribution in [0.2, 0.25) is 0 Å². The average Bonchev–Trinajstić information content (AvgIpc) is 2.61. The summed E-state index contributed by atoms with van der Waals surface area (Å²) >= 11 is 0. The highest BCUT2D eigenvalue weighted by atomic mass is 32.2. The molecule has 0 aliphatic carbocycles. The van der Waals surface area contributed by atoms with Gasteiger partial charge in [-0.3, -0.25) is 0 Å². The number of halogens is 3. The summed E-state index contributed by atoms with van der Waals surface area (Å²) in [5.41, 5.74) is 0.212. The summed E-state index contributed by atoms with van der Waals surface area (Å²) in [7, 11) is -3.40. The topological polar surface area (TPSA) is 87.7 Å². The van der Waals surface area contributed by atoms with E-state index in [1.807, 2.05) is 26.8 Å². The van der Waals surface area contributed by atoms with Crippen LogP contribution < -0.4 is 15.4 Å². The first-order valence-corrected chi connectivity index (χ1v) is 11.4. The molecule has 1 aromatic rings. The van der Waals surface area contributed by atoms with Crippen molar-refractivity contribution >= 4 is 21.7 Å². The largest absolute Gasteiger partial charge is 0.573 e. The number of carbonyl (C=O) groups is 1. The number of hydrogen-bond acceptors (Lipinski definition) is 4. The first-order chi connectivity index (χ1) is 14.2. The van der Waals surface area contributed by atoms with E-state index in [0.717, 1.165) is 12.1 Å². The Morgan fingerprint density at radius 1 is 1.16 bits per heavy atom. The molecule has 2 N–H and O–H groups in total. The normalized spacial score (nSPS) is 17.0. The Morgan fingerprint density at radius 3 is 2.26 bits per heavy atom. The van der Waals surface area contributed by atoms with Crippen molar-refractivity contribution in [2.24, 2.45) is 5.41 Å². The molecule has 0 aromatic heterocycles. The van der Waals surface area contributed by atoms with E-state index in [1.165, 1.54) is 16.4 Å². The fourth-order valence-electron chi connectivity index (χ4n) is 3.00. The van der Waals surface area contributed by atoms with Crippen molar-refractivity contribution in [3.05, 3.63) is 36.4 Å². The minimum atomic E-state index is -4.78. The average molecular weight is 464 g/mol. The Morgan fingerprint density at radius 2 is 1.74 bits per heavy atom. The first kappa shape index (κ1) is 25.0. The lowest BCUT2D eigenvalue weighted by Crippen LogP contribution is -2.47. The molecule has 1 aliphatic heterocycles. The fraction of sp³-hybridized carbons (Fsp3) is 0.550. The van der Waals surface area contributed by atoms with Crippen LogP contribution in [0.1, 0.15) is 33.6 Å². The molecule has 0 atom stereocenters. The van der Waals surface area contributed by atoms with Crippen molar-refractivity contribution in [1.82, 2.24) is 9.62 Å². The lowest BCUT2D eigenvalue weighted by Gasteiger charge is -2.31. The number of amides is 2. The summed E-state index contributed by atoms with van der Waals surface area (Å²) in [6, 6.07) is 4.06. The Bertz CT molecular complexity index is 870. The molecule has 31 heavy (non-hydrogen) atoms. The van der Waals surface area contributed by atoms with E-state index in [9.17, 15) is 26.4 Å². The molecular formula is C20H28F3N3O4S. The molecule has 0 bridgehead atoms. The van der Waals surface area contributed by atoms with Crippen molar-refractivity contribution in [3.8, 4) is 5.75 Å². The van der Waals surface area contributed by atoms with Crippen molar-refractivity contribution in [3.63, 3.8) is 0 Å². The van der Waals surface area contributed by atoms with Crippen LogP contribution in [-0.2, 0) is 10.0 Å². The summed E-state index contributed by atoms with van der Waals surface area (Å²) in [6.07, 6.45) is -0.317.